The molecule has 59 heavy (non-hydrogen) atoms. The van der Waals surface area contributed by atoms with Crippen molar-refractivity contribution in [2.45, 2.75) is 94.8 Å². The summed E-state index contributed by atoms with van der Waals surface area (Å²) in [6.07, 6.45) is 8.69. The van der Waals surface area contributed by atoms with Crippen LogP contribution < -0.4 is 34.3 Å². The minimum atomic E-state index is -1.03. The van der Waals surface area contributed by atoms with E-state index in [1.165, 1.54) is 38.4 Å². The number of aliphatic hydroxyl groups excluding tert-OH is 3. The molecule has 5 aliphatic rings. The number of ether oxygens (including phenoxy) is 5. The number of anilines is 1. The molecule has 4 aromatic rings. The lowest BCUT2D eigenvalue weighted by Gasteiger charge is -2.49. The van der Waals surface area contributed by atoms with Crippen molar-refractivity contribution in [1.82, 2.24) is 5.32 Å². The summed E-state index contributed by atoms with van der Waals surface area (Å²) in [4.78, 5) is 0. The Hall–Kier alpha value is -4.68. The zero-order valence-corrected chi connectivity index (χ0v) is 34.4. The molecule has 4 aromatic carbocycles. The van der Waals surface area contributed by atoms with Gasteiger partial charge in [-0.3, -0.25) is 5.32 Å². The van der Waals surface area contributed by atoms with E-state index in [-0.39, 0.29) is 55.1 Å². The van der Waals surface area contributed by atoms with Gasteiger partial charge in [0.2, 0.25) is 5.75 Å². The van der Waals surface area contributed by atoms with Crippen LogP contribution in [0.15, 0.2) is 54.6 Å². The largest absolute Gasteiger partial charge is 0.502 e. The third-order valence-electron chi connectivity index (χ3n) is 14.5. The minimum absolute atomic E-state index is 0.0512. The number of aliphatic hydroxyl groups is 3. The first kappa shape index (κ1) is 39.8. The number of aromatic hydroxyl groups is 1. The molecular weight excluding hydrogens is 749 g/mol. The molecule has 2 aliphatic heterocycles. The number of rotatable bonds is 13. The molecular formula is C48H58N2O9. The second-order valence-corrected chi connectivity index (χ2v) is 17.3. The fourth-order valence-electron chi connectivity index (χ4n) is 11.3. The van der Waals surface area contributed by atoms with Crippen molar-refractivity contribution in [3.05, 3.63) is 88.0 Å². The molecule has 4 atom stereocenters. The summed E-state index contributed by atoms with van der Waals surface area (Å²) in [6.45, 7) is 3.32. The van der Waals surface area contributed by atoms with Crippen LogP contribution in [0.3, 0.4) is 0 Å². The molecule has 11 nitrogen and oxygen atoms in total. The second kappa shape index (κ2) is 16.1. The summed E-state index contributed by atoms with van der Waals surface area (Å²) in [5.41, 5.74) is 7.84. The molecule has 0 radical (unpaired) electrons. The van der Waals surface area contributed by atoms with E-state index >= 15 is 0 Å². The molecule has 4 unspecified atom stereocenters. The van der Waals surface area contributed by atoms with Crippen molar-refractivity contribution in [3.8, 4) is 45.6 Å². The number of benzene rings is 4. The Balaban J connectivity index is 1.04. The van der Waals surface area contributed by atoms with Gasteiger partial charge >= 0.3 is 0 Å². The van der Waals surface area contributed by atoms with Gasteiger partial charge in [-0.25, -0.2) is 0 Å². The smallest absolute Gasteiger partial charge is 0.200 e. The average molecular weight is 807 g/mol. The summed E-state index contributed by atoms with van der Waals surface area (Å²) in [5.74, 6) is 1.39. The van der Waals surface area contributed by atoms with E-state index in [1.54, 1.807) is 19.2 Å². The maximum atomic E-state index is 12.4. The lowest BCUT2D eigenvalue weighted by Crippen LogP contribution is -2.45. The monoisotopic (exact) mass is 806 g/mol. The Bertz CT molecular complexity index is 2180. The fraction of sp³-hybridized carbons (Fsp3) is 0.500. The van der Waals surface area contributed by atoms with Gasteiger partial charge in [0.15, 0.2) is 17.7 Å². The summed E-state index contributed by atoms with van der Waals surface area (Å²) in [6, 6.07) is 17.8. The molecule has 2 saturated carbocycles. The van der Waals surface area contributed by atoms with Crippen LogP contribution in [0.5, 0.6) is 34.5 Å². The number of hydrogen-bond acceptors (Lipinski definition) is 11. The van der Waals surface area contributed by atoms with Crippen molar-refractivity contribution < 1.29 is 44.1 Å². The van der Waals surface area contributed by atoms with E-state index in [4.69, 9.17) is 23.7 Å². The van der Waals surface area contributed by atoms with E-state index < -0.39 is 18.2 Å². The maximum absolute atomic E-state index is 12.4. The Morgan fingerprint density at radius 1 is 0.831 bits per heavy atom. The molecule has 2 heterocycles. The molecule has 3 aliphatic carbocycles. The summed E-state index contributed by atoms with van der Waals surface area (Å²) >= 11 is 0. The van der Waals surface area contributed by atoms with Crippen LogP contribution in [0.1, 0.15) is 110 Å². The first-order valence-electron chi connectivity index (χ1n) is 21.5. The van der Waals surface area contributed by atoms with E-state index in [0.717, 1.165) is 60.2 Å². The fourth-order valence-corrected chi connectivity index (χ4v) is 11.3. The first-order valence-corrected chi connectivity index (χ1v) is 21.5. The Morgan fingerprint density at radius 2 is 1.56 bits per heavy atom. The predicted molar refractivity (Wildman–Crippen MR) is 225 cm³/mol. The van der Waals surface area contributed by atoms with Crippen LogP contribution in [0.4, 0.5) is 5.69 Å². The highest BCUT2D eigenvalue weighted by Gasteiger charge is 2.49. The third-order valence-corrected chi connectivity index (χ3v) is 14.5. The van der Waals surface area contributed by atoms with Crippen LogP contribution in [-0.4, -0.2) is 67.7 Å². The number of fused-ring (bicyclic) bond motifs is 2. The summed E-state index contributed by atoms with van der Waals surface area (Å²) in [5, 5.41) is 52.9. The third kappa shape index (κ3) is 6.74. The molecule has 314 valence electrons. The molecule has 0 saturated heterocycles. The standard InChI is InChI=1S/C48H58N2O9/c1-4-49-27-59-37-23-35(55-2)31-12-13-32-40-34(50-46(54)43(37)42(31)40)22-36-41(32)44(52)33(26-58-36)28-20-38(56-3)45(53)39(21-28)57-25-30(24-51)48(29-10-6-5-7-11-29)18-16-47(17-19-48)14-8-9-15-47/h5-7,10-11,20-23,30,33,44,46,49-54H,4,8-9,12-19,24-27H2,1-3H3. The van der Waals surface area contributed by atoms with Crippen LogP contribution in [-0.2, 0) is 18.3 Å². The number of phenols is 1. The van der Waals surface area contributed by atoms with E-state index in [2.05, 4.69) is 34.9 Å². The van der Waals surface area contributed by atoms with E-state index in [1.807, 2.05) is 25.1 Å². The van der Waals surface area contributed by atoms with Crippen molar-refractivity contribution in [2.24, 2.45) is 11.3 Å². The van der Waals surface area contributed by atoms with Crippen LogP contribution in [0, 0.1) is 11.3 Å². The highest BCUT2D eigenvalue weighted by atomic mass is 16.5. The molecule has 0 bridgehead atoms. The minimum Gasteiger partial charge on any atom is -0.502 e. The summed E-state index contributed by atoms with van der Waals surface area (Å²) < 4.78 is 30.7. The zero-order chi connectivity index (χ0) is 40.9. The van der Waals surface area contributed by atoms with E-state index in [0.29, 0.717) is 52.2 Å². The first-order chi connectivity index (χ1) is 28.7. The van der Waals surface area contributed by atoms with Gasteiger partial charge in [0.25, 0.3) is 0 Å². The second-order valence-electron chi connectivity index (χ2n) is 17.3. The molecule has 0 amide bonds. The Labute approximate surface area is 346 Å². The van der Waals surface area contributed by atoms with Gasteiger partial charge in [0.1, 0.15) is 24.0 Å². The molecule has 2 fully saturated rings. The molecule has 6 N–H and O–H groups in total. The van der Waals surface area contributed by atoms with Crippen LogP contribution in [0.25, 0.3) is 11.1 Å². The quantitative estimate of drug-likeness (QED) is 0.0580. The van der Waals surface area contributed by atoms with Gasteiger partial charge in [-0.05, 0) is 92.1 Å². The molecule has 9 rings (SSSR count). The highest BCUT2D eigenvalue weighted by molar-refractivity contribution is 5.93. The van der Waals surface area contributed by atoms with Gasteiger partial charge in [-0.2, -0.15) is 0 Å². The van der Waals surface area contributed by atoms with E-state index in [9.17, 15) is 20.4 Å². The number of hydrogen-bond donors (Lipinski definition) is 6. The number of nitrogens with one attached hydrogen (secondary N) is 2. The van der Waals surface area contributed by atoms with Crippen molar-refractivity contribution in [3.63, 3.8) is 0 Å². The Kier molecular flexibility index (Phi) is 10.8. The topological polar surface area (TPSA) is 151 Å². The highest BCUT2D eigenvalue weighted by Crippen LogP contribution is 2.59. The lowest BCUT2D eigenvalue weighted by molar-refractivity contribution is 0.0353. The van der Waals surface area contributed by atoms with Gasteiger partial charge in [-0.15, -0.1) is 0 Å². The van der Waals surface area contributed by atoms with Crippen molar-refractivity contribution in [1.29, 1.82) is 0 Å². The molecule has 1 spiro atoms. The van der Waals surface area contributed by atoms with Gasteiger partial charge in [0, 0.05) is 63.9 Å². The zero-order valence-electron chi connectivity index (χ0n) is 34.4. The Morgan fingerprint density at radius 3 is 2.27 bits per heavy atom. The number of phenolic OH excluding ortho intramolecular Hbond substituents is 1. The maximum Gasteiger partial charge on any atom is 0.200 e. The SMILES string of the molecule is CCNCOc1cc(OC)c2c3c1C(O)Nc1cc4c(c(c1-3)CC2)C(O)C(c1cc(OC)c(O)c(OCC(CO)C2(c3ccccc3)CCC3(CCCC3)CC2)c1)CO4. The molecule has 0 aromatic heterocycles. The van der Waals surface area contributed by atoms with Gasteiger partial charge < -0.3 is 49.4 Å². The van der Waals surface area contributed by atoms with Gasteiger partial charge in [-0.1, -0.05) is 50.1 Å². The average Bonchev–Trinajstić information content (AvgIpc) is 3.72. The van der Waals surface area contributed by atoms with Crippen molar-refractivity contribution in [2.75, 3.05) is 52.6 Å². The van der Waals surface area contributed by atoms with Crippen molar-refractivity contribution >= 4 is 5.69 Å². The normalized spacial score (nSPS) is 22.4. The summed E-state index contributed by atoms with van der Waals surface area (Å²) in [7, 11) is 3.15. The van der Waals surface area contributed by atoms with Crippen LogP contribution >= 0.6 is 0 Å². The number of methoxy groups -OCH3 is 2. The molecule has 11 heteroatoms. The lowest BCUT2D eigenvalue weighted by atomic mass is 9.56. The van der Waals surface area contributed by atoms with Gasteiger partial charge in [0.05, 0.1) is 39.1 Å². The van der Waals surface area contributed by atoms with Crippen LogP contribution in [0.2, 0.25) is 0 Å². The predicted octanol–water partition coefficient (Wildman–Crippen LogP) is 7.81.